The predicted octanol–water partition coefficient (Wildman–Crippen LogP) is 0.474. The van der Waals surface area contributed by atoms with Crippen LogP contribution in [-0.2, 0) is 14.4 Å². The van der Waals surface area contributed by atoms with Crippen LogP contribution in [0.2, 0.25) is 0 Å². The van der Waals surface area contributed by atoms with Gasteiger partial charge >= 0.3 is 12.0 Å². The molecule has 1 fully saturated rings. The average molecular weight is 631 g/mol. The highest BCUT2D eigenvalue weighted by Gasteiger charge is 2.54. The van der Waals surface area contributed by atoms with Gasteiger partial charge in [-0.05, 0) is 12.5 Å². The quantitative estimate of drug-likeness (QED) is 0.0771. The number of hydrogen-bond acceptors (Lipinski definition) is 13. The maximum atomic E-state index is 13.0. The molecule has 202 valence electrons. The number of aromatic nitrogens is 3. The van der Waals surface area contributed by atoms with Crippen molar-refractivity contribution in [3.8, 4) is 0 Å². The van der Waals surface area contributed by atoms with Crippen LogP contribution >= 0.6 is 71.0 Å². The summed E-state index contributed by atoms with van der Waals surface area (Å²) in [6.07, 6.45) is 0. The number of urea groups is 1. The van der Waals surface area contributed by atoms with E-state index in [-0.39, 0.29) is 41.3 Å². The summed E-state index contributed by atoms with van der Waals surface area (Å²) < 4.78 is 0.703. The third-order valence-electron chi connectivity index (χ3n) is 4.93. The van der Waals surface area contributed by atoms with E-state index in [2.05, 4.69) is 25.8 Å². The molecule has 0 aromatic carbocycles. The number of anilines is 1. The summed E-state index contributed by atoms with van der Waals surface area (Å²) in [5, 5.41) is 24.6. The fraction of sp³-hybridized carbons (Fsp3) is 0.353. The number of hydrogen-bond donors (Lipinski definition) is 6. The first-order valence-electron chi connectivity index (χ1n) is 9.81. The minimum atomic E-state index is -1.26. The van der Waals surface area contributed by atoms with Crippen LogP contribution in [0, 0.1) is 6.92 Å². The number of amides is 4. The Labute approximate surface area is 238 Å². The second-order valence-electron chi connectivity index (χ2n) is 7.19. The predicted molar refractivity (Wildman–Crippen MR) is 145 cm³/mol. The van der Waals surface area contributed by atoms with Gasteiger partial charge in [0.15, 0.2) is 15.5 Å². The molecule has 2 unspecified atom stereocenters. The summed E-state index contributed by atoms with van der Waals surface area (Å²) in [6.45, 7) is 1.82. The Bertz CT molecular complexity index is 1230. The topological polar surface area (TPSA) is 219 Å². The van der Waals surface area contributed by atoms with Crippen molar-refractivity contribution in [3.63, 3.8) is 0 Å². The highest BCUT2D eigenvalue weighted by molar-refractivity contribution is 8.01. The van der Waals surface area contributed by atoms with E-state index < -0.39 is 41.3 Å². The monoisotopic (exact) mass is 629 g/mol. The van der Waals surface area contributed by atoms with E-state index in [0.717, 1.165) is 16.3 Å². The summed E-state index contributed by atoms with van der Waals surface area (Å²) in [6, 6.07) is -3.09. The third-order valence-corrected chi connectivity index (χ3v) is 9.02. The minimum Gasteiger partial charge on any atom is -0.477 e. The first-order chi connectivity index (χ1) is 16.7. The number of hydrazine groups is 1. The fourth-order valence-electron chi connectivity index (χ4n) is 3.40. The summed E-state index contributed by atoms with van der Waals surface area (Å²) in [5.74, 6) is 3.28. The molecule has 2 aliphatic rings. The number of fused-ring (bicyclic) bond motifs is 1. The molecule has 2 aliphatic heterocycles. The van der Waals surface area contributed by atoms with E-state index >= 15 is 0 Å². The Morgan fingerprint density at radius 3 is 2.62 bits per heavy atom. The number of rotatable bonds is 8. The van der Waals surface area contributed by atoms with Crippen molar-refractivity contribution in [3.05, 3.63) is 27.4 Å². The Hall–Kier alpha value is -2.35. The van der Waals surface area contributed by atoms with Crippen molar-refractivity contribution in [1.29, 1.82) is 0 Å². The molecule has 2 aromatic heterocycles. The summed E-state index contributed by atoms with van der Waals surface area (Å²) in [5.41, 5.74) is 8.15. The standard InChI is InChI=1S/C17H19N9O5S4.2ClH/c1-5-24-25-17(35-5)34-3-6-2-32-13-9(12(28)26(13)10(6)14(29)30)21-11(27)8(22-16(31)23-19)7-4-33-15(18)20-7;;/h4,8-9,13H,2-3,19H2,1H3,(H2,18,20)(H,21,27)(H,29,30)(H2,22,23,31);2*1H/t8?,9?,13-;;/m1../s1. The van der Waals surface area contributed by atoms with Crippen molar-refractivity contribution in [2.75, 3.05) is 17.2 Å². The van der Waals surface area contributed by atoms with Gasteiger partial charge in [0.1, 0.15) is 22.1 Å². The molecule has 37 heavy (non-hydrogen) atoms. The van der Waals surface area contributed by atoms with Gasteiger partial charge in [-0.3, -0.25) is 19.9 Å². The molecule has 0 bridgehead atoms. The SMILES string of the molecule is Cc1nnc(SCC2=C(C(=O)O)N3C(=O)C(NC(=O)C(NC(=O)NN)c4csc(N)n4)[C@H]3SC2)s1.Cl.Cl. The van der Waals surface area contributed by atoms with Crippen molar-refractivity contribution >= 4 is 100.0 Å². The number of carboxylic acid groups (broad SMARTS) is 1. The molecular formula is C17H21Cl2N9O5S4. The molecule has 4 heterocycles. The molecule has 0 spiro atoms. The van der Waals surface area contributed by atoms with Gasteiger partial charge in [0.2, 0.25) is 5.91 Å². The normalized spacial score (nSPS) is 19.0. The highest BCUT2D eigenvalue weighted by Crippen LogP contribution is 2.42. The van der Waals surface area contributed by atoms with Crippen LogP contribution in [0.4, 0.5) is 9.93 Å². The first-order valence-corrected chi connectivity index (χ1v) is 13.5. The van der Waals surface area contributed by atoms with Crippen molar-refractivity contribution in [2.24, 2.45) is 5.84 Å². The molecule has 20 heteroatoms. The lowest BCUT2D eigenvalue weighted by Crippen LogP contribution is -2.71. The van der Waals surface area contributed by atoms with Crippen LogP contribution in [0.25, 0.3) is 0 Å². The molecular weight excluding hydrogens is 609 g/mol. The van der Waals surface area contributed by atoms with E-state index in [1.165, 1.54) is 45.1 Å². The van der Waals surface area contributed by atoms with Crippen molar-refractivity contribution < 1.29 is 24.3 Å². The first kappa shape index (κ1) is 30.9. The molecule has 14 nitrogen and oxygen atoms in total. The number of thiazole rings is 1. The zero-order valence-electron chi connectivity index (χ0n) is 18.7. The molecule has 8 N–H and O–H groups in total. The van der Waals surface area contributed by atoms with Gasteiger partial charge in [0.25, 0.3) is 5.91 Å². The maximum absolute atomic E-state index is 13.0. The van der Waals surface area contributed by atoms with Crippen LogP contribution in [0.5, 0.6) is 0 Å². The summed E-state index contributed by atoms with van der Waals surface area (Å²) in [4.78, 5) is 54.9. The number of halogens is 2. The number of aryl methyl sites for hydroxylation is 1. The molecule has 3 atom stereocenters. The second-order valence-corrected chi connectivity index (χ2v) is 11.6. The number of aliphatic carboxylic acids is 1. The molecule has 0 radical (unpaired) electrons. The number of nitrogens with one attached hydrogen (secondary N) is 3. The van der Waals surface area contributed by atoms with Gasteiger partial charge in [-0.25, -0.2) is 20.4 Å². The molecule has 2 aromatic rings. The number of nitrogens with two attached hydrogens (primary N) is 2. The Kier molecular flexibility index (Phi) is 10.8. The zero-order chi connectivity index (χ0) is 25.3. The van der Waals surface area contributed by atoms with Crippen LogP contribution in [0.1, 0.15) is 16.7 Å². The molecule has 4 rings (SSSR count). The highest BCUT2D eigenvalue weighted by atomic mass is 35.5. The lowest BCUT2D eigenvalue weighted by atomic mass is 10.0. The Morgan fingerprint density at radius 1 is 1.32 bits per heavy atom. The van der Waals surface area contributed by atoms with Crippen LogP contribution in [0.15, 0.2) is 21.0 Å². The van der Waals surface area contributed by atoms with Gasteiger partial charge in [0, 0.05) is 16.9 Å². The maximum Gasteiger partial charge on any atom is 0.352 e. The number of carboxylic acids is 1. The molecule has 4 amide bonds. The molecule has 1 saturated heterocycles. The van der Waals surface area contributed by atoms with E-state index in [9.17, 15) is 24.3 Å². The Morgan fingerprint density at radius 2 is 2.05 bits per heavy atom. The number of thioether (sulfide) groups is 2. The number of β-lactam (4-membered cyclic amide) rings is 1. The van der Waals surface area contributed by atoms with E-state index in [1.807, 2.05) is 12.3 Å². The van der Waals surface area contributed by atoms with Gasteiger partial charge in [-0.2, -0.15) is 0 Å². The molecule has 0 aliphatic carbocycles. The van der Waals surface area contributed by atoms with E-state index in [0.29, 0.717) is 21.4 Å². The lowest BCUT2D eigenvalue weighted by Gasteiger charge is -2.49. The number of carbonyl (C=O) groups is 4. The van der Waals surface area contributed by atoms with Gasteiger partial charge in [0.05, 0.1) is 5.69 Å². The number of nitrogen functional groups attached to an aromatic ring is 1. The fourth-order valence-corrected chi connectivity index (χ4v) is 7.29. The van der Waals surface area contributed by atoms with Crippen LogP contribution < -0.4 is 27.6 Å². The van der Waals surface area contributed by atoms with Gasteiger partial charge < -0.3 is 21.5 Å². The zero-order valence-corrected chi connectivity index (χ0v) is 23.6. The number of carbonyl (C=O) groups excluding carboxylic acids is 3. The summed E-state index contributed by atoms with van der Waals surface area (Å²) >= 11 is 5.16. The third kappa shape index (κ3) is 6.57. The second kappa shape index (κ2) is 12.9. The summed E-state index contributed by atoms with van der Waals surface area (Å²) in [7, 11) is 0. The van der Waals surface area contributed by atoms with Crippen molar-refractivity contribution in [2.45, 2.75) is 28.7 Å². The number of nitrogens with zero attached hydrogens (tertiary/aromatic N) is 4. The smallest absolute Gasteiger partial charge is 0.352 e. The van der Waals surface area contributed by atoms with Crippen molar-refractivity contribution in [1.82, 2.24) is 36.1 Å². The largest absolute Gasteiger partial charge is 0.477 e. The van der Waals surface area contributed by atoms with Gasteiger partial charge in [-0.15, -0.1) is 58.1 Å². The molecule has 0 saturated carbocycles. The van der Waals surface area contributed by atoms with Crippen LogP contribution in [-0.4, -0.2) is 71.9 Å². The minimum absolute atomic E-state index is 0. The van der Waals surface area contributed by atoms with Crippen LogP contribution in [0.3, 0.4) is 0 Å². The Balaban J connectivity index is 0.00000241. The average Bonchev–Trinajstić information content (AvgIpc) is 3.45. The lowest BCUT2D eigenvalue weighted by molar-refractivity contribution is -0.151. The van der Waals surface area contributed by atoms with E-state index in [4.69, 9.17) is 11.6 Å². The van der Waals surface area contributed by atoms with Gasteiger partial charge in [-0.1, -0.05) is 23.1 Å². The van der Waals surface area contributed by atoms with E-state index in [1.54, 1.807) is 0 Å².